The Labute approximate surface area is 106 Å². The molecule has 0 saturated heterocycles. The number of nitrogens with one attached hydrogen (secondary N) is 1. The molecule has 0 saturated carbocycles. The van der Waals surface area contributed by atoms with Crippen LogP contribution < -0.4 is 4.74 Å². The van der Waals surface area contributed by atoms with Crippen molar-refractivity contribution >= 4 is 44.4 Å². The maximum absolute atomic E-state index is 11.0. The van der Waals surface area contributed by atoms with Crippen molar-refractivity contribution in [3.8, 4) is 5.75 Å². The van der Waals surface area contributed by atoms with Gasteiger partial charge in [0.1, 0.15) is 0 Å². The molecule has 0 bridgehead atoms. The largest absolute Gasteiger partial charge is 0.424 e. The molecule has 0 fully saturated rings. The highest BCUT2D eigenvalue weighted by Crippen LogP contribution is 2.34. The van der Waals surface area contributed by atoms with Gasteiger partial charge in [-0.3, -0.25) is 4.79 Å². The molecule has 16 heavy (non-hydrogen) atoms. The first kappa shape index (κ1) is 11.5. The highest BCUT2D eigenvalue weighted by atomic mass is 79.9. The van der Waals surface area contributed by atoms with Crippen molar-refractivity contribution in [2.45, 2.75) is 12.8 Å². The number of rotatable bonds is 2. The Morgan fingerprint density at radius 1 is 1.56 bits per heavy atom. The number of aromatic amines is 1. The molecule has 1 aromatic carbocycles. The van der Waals surface area contributed by atoms with Crippen molar-refractivity contribution < 1.29 is 9.53 Å². The normalized spacial score (nSPS) is 10.7. The summed E-state index contributed by atoms with van der Waals surface area (Å²) in [6.45, 7) is 1.37. The molecule has 3 nitrogen and oxygen atoms in total. The third kappa shape index (κ3) is 1.95. The zero-order valence-corrected chi connectivity index (χ0v) is 10.9. The van der Waals surface area contributed by atoms with Crippen LogP contribution in [0.5, 0.6) is 5.75 Å². The first-order valence-electron chi connectivity index (χ1n) is 4.66. The fourth-order valence-corrected chi connectivity index (χ4v) is 2.52. The Morgan fingerprint density at radius 3 is 2.94 bits per heavy atom. The van der Waals surface area contributed by atoms with Crippen molar-refractivity contribution in [2.75, 3.05) is 0 Å². The van der Waals surface area contributed by atoms with Gasteiger partial charge in [0.05, 0.1) is 0 Å². The number of halogens is 2. The van der Waals surface area contributed by atoms with E-state index in [9.17, 15) is 4.79 Å². The first-order valence-corrected chi connectivity index (χ1v) is 5.99. The van der Waals surface area contributed by atoms with Crippen molar-refractivity contribution in [1.82, 2.24) is 4.98 Å². The molecule has 0 radical (unpaired) electrons. The van der Waals surface area contributed by atoms with Crippen LogP contribution in [0, 0.1) is 0 Å². The summed E-state index contributed by atoms with van der Waals surface area (Å²) in [6.07, 6.45) is 1.66. The van der Waals surface area contributed by atoms with Crippen LogP contribution in [0.25, 0.3) is 10.9 Å². The molecule has 5 heteroatoms. The van der Waals surface area contributed by atoms with Gasteiger partial charge in [0.25, 0.3) is 0 Å². The molecule has 1 aromatic heterocycles. The van der Waals surface area contributed by atoms with E-state index in [1.54, 1.807) is 6.20 Å². The number of carbonyl (C=O) groups is 1. The highest BCUT2D eigenvalue weighted by Gasteiger charge is 2.13. The molecule has 1 heterocycles. The van der Waals surface area contributed by atoms with Crippen molar-refractivity contribution in [1.29, 1.82) is 0 Å². The van der Waals surface area contributed by atoms with Crippen LogP contribution in [0.2, 0.25) is 0 Å². The Hall–Kier alpha value is -1.000. The van der Waals surface area contributed by atoms with E-state index in [1.165, 1.54) is 6.92 Å². The zero-order chi connectivity index (χ0) is 11.7. The van der Waals surface area contributed by atoms with Gasteiger partial charge in [-0.25, -0.2) is 0 Å². The van der Waals surface area contributed by atoms with Crippen LogP contribution in [0.4, 0.5) is 0 Å². The smallest absolute Gasteiger partial charge is 0.308 e. The molecule has 2 rings (SSSR count). The van der Waals surface area contributed by atoms with E-state index in [-0.39, 0.29) is 5.97 Å². The number of hydrogen-bond acceptors (Lipinski definition) is 2. The summed E-state index contributed by atoms with van der Waals surface area (Å²) in [4.78, 5) is 14.0. The van der Waals surface area contributed by atoms with Crippen LogP contribution in [-0.2, 0) is 10.7 Å². The second-order valence-electron chi connectivity index (χ2n) is 3.33. The van der Waals surface area contributed by atoms with Gasteiger partial charge in [-0.05, 0) is 17.7 Å². The Balaban J connectivity index is 2.67. The molecule has 0 amide bonds. The summed E-state index contributed by atoms with van der Waals surface area (Å²) in [5.41, 5.74) is 1.81. The van der Waals surface area contributed by atoms with E-state index in [1.807, 2.05) is 12.1 Å². The third-order valence-electron chi connectivity index (χ3n) is 2.25. The number of hydrogen-bond donors (Lipinski definition) is 1. The van der Waals surface area contributed by atoms with Gasteiger partial charge in [0.2, 0.25) is 0 Å². The molecule has 0 spiro atoms. The summed E-state index contributed by atoms with van der Waals surface area (Å²) in [6, 6.07) is 3.82. The lowest BCUT2D eigenvalue weighted by molar-refractivity contribution is -0.131. The van der Waals surface area contributed by atoms with E-state index >= 15 is 0 Å². The number of aromatic nitrogens is 1. The number of ether oxygens (including phenoxy) is 1. The summed E-state index contributed by atoms with van der Waals surface area (Å²) in [7, 11) is 0. The average molecular weight is 303 g/mol. The number of benzene rings is 1. The summed E-state index contributed by atoms with van der Waals surface area (Å²) in [5, 5.41) is 0.847. The van der Waals surface area contributed by atoms with Gasteiger partial charge in [-0.1, -0.05) is 15.9 Å². The molecular weight excluding hydrogens is 293 g/mol. The standard InChI is InChI=1S/C11H9BrClNO2/c1-6(15)16-10-5-14-9-3-2-8(12)7(4-13)11(9)10/h2-3,5,14H,4H2,1H3. The Bertz CT molecular complexity index is 550. The fourth-order valence-electron chi connectivity index (χ4n) is 1.61. The zero-order valence-electron chi connectivity index (χ0n) is 8.51. The van der Waals surface area contributed by atoms with Crippen molar-refractivity contribution in [3.63, 3.8) is 0 Å². The van der Waals surface area contributed by atoms with Gasteiger partial charge in [0, 0.05) is 34.4 Å². The maximum Gasteiger partial charge on any atom is 0.308 e. The minimum atomic E-state index is -0.346. The monoisotopic (exact) mass is 301 g/mol. The minimum Gasteiger partial charge on any atom is -0.424 e. The highest BCUT2D eigenvalue weighted by molar-refractivity contribution is 9.10. The van der Waals surface area contributed by atoms with Gasteiger partial charge in [-0.2, -0.15) is 0 Å². The SMILES string of the molecule is CC(=O)Oc1c[nH]c2ccc(Br)c(CCl)c12. The molecule has 0 unspecified atom stereocenters. The van der Waals surface area contributed by atoms with Gasteiger partial charge >= 0.3 is 5.97 Å². The van der Waals surface area contributed by atoms with Crippen molar-refractivity contribution in [3.05, 3.63) is 28.4 Å². The summed E-state index contributed by atoms with van der Waals surface area (Å²) in [5.74, 6) is 0.519. The lowest BCUT2D eigenvalue weighted by Crippen LogP contribution is -2.01. The lowest BCUT2D eigenvalue weighted by atomic mass is 10.1. The second kappa shape index (κ2) is 4.47. The van der Waals surface area contributed by atoms with Crippen LogP contribution >= 0.6 is 27.5 Å². The lowest BCUT2D eigenvalue weighted by Gasteiger charge is -2.05. The average Bonchev–Trinajstić information content (AvgIpc) is 2.61. The predicted molar refractivity (Wildman–Crippen MR) is 66.9 cm³/mol. The number of carbonyl (C=O) groups excluding carboxylic acids is 1. The van der Waals surface area contributed by atoms with E-state index in [0.29, 0.717) is 11.6 Å². The topological polar surface area (TPSA) is 42.1 Å². The van der Waals surface area contributed by atoms with Crippen LogP contribution in [0.3, 0.4) is 0 Å². The molecule has 2 aromatic rings. The number of esters is 1. The first-order chi connectivity index (χ1) is 7.63. The maximum atomic E-state index is 11.0. The predicted octanol–water partition coefficient (Wildman–Crippen LogP) is 3.59. The van der Waals surface area contributed by atoms with E-state index < -0.39 is 0 Å². The summed E-state index contributed by atoms with van der Waals surface area (Å²) >= 11 is 9.32. The fraction of sp³-hybridized carbons (Fsp3) is 0.182. The number of fused-ring (bicyclic) bond motifs is 1. The molecule has 0 aliphatic heterocycles. The molecule has 84 valence electrons. The molecule has 0 aliphatic carbocycles. The Morgan fingerprint density at radius 2 is 2.31 bits per heavy atom. The second-order valence-corrected chi connectivity index (χ2v) is 4.45. The van der Waals surface area contributed by atoms with Gasteiger partial charge in [-0.15, -0.1) is 11.6 Å². The van der Waals surface area contributed by atoms with Gasteiger partial charge < -0.3 is 9.72 Å². The Kier molecular flexibility index (Phi) is 3.21. The van der Waals surface area contributed by atoms with Crippen LogP contribution in [-0.4, -0.2) is 11.0 Å². The van der Waals surface area contributed by atoms with E-state index in [4.69, 9.17) is 16.3 Å². The third-order valence-corrected chi connectivity index (χ3v) is 3.26. The van der Waals surface area contributed by atoms with Gasteiger partial charge in [0.15, 0.2) is 5.75 Å². The number of alkyl halides is 1. The molecular formula is C11H9BrClNO2. The minimum absolute atomic E-state index is 0.346. The van der Waals surface area contributed by atoms with Crippen molar-refractivity contribution in [2.24, 2.45) is 0 Å². The molecule has 0 atom stereocenters. The van der Waals surface area contributed by atoms with E-state index in [2.05, 4.69) is 20.9 Å². The summed E-state index contributed by atoms with van der Waals surface area (Å²) < 4.78 is 6.02. The van der Waals surface area contributed by atoms with Crippen LogP contribution in [0.1, 0.15) is 12.5 Å². The van der Waals surface area contributed by atoms with E-state index in [0.717, 1.165) is 20.9 Å². The number of H-pyrrole nitrogens is 1. The quantitative estimate of drug-likeness (QED) is 0.680. The van der Waals surface area contributed by atoms with Crippen LogP contribution in [0.15, 0.2) is 22.8 Å². The molecule has 0 aliphatic rings. The molecule has 1 N–H and O–H groups in total.